The van der Waals surface area contributed by atoms with Crippen LogP contribution in [0.2, 0.25) is 0 Å². The highest BCUT2D eigenvalue weighted by atomic mass is 16.2. The van der Waals surface area contributed by atoms with Gasteiger partial charge in [0.2, 0.25) is 5.91 Å². The second-order valence-electron chi connectivity index (χ2n) is 6.45. The van der Waals surface area contributed by atoms with Crippen molar-refractivity contribution in [1.29, 1.82) is 0 Å². The van der Waals surface area contributed by atoms with Gasteiger partial charge < -0.3 is 15.6 Å². The summed E-state index contributed by atoms with van der Waals surface area (Å²) in [6, 6.07) is 1.93. The predicted molar refractivity (Wildman–Crippen MR) is 79.9 cm³/mol. The van der Waals surface area contributed by atoms with E-state index in [1.807, 2.05) is 4.90 Å². The first-order valence-corrected chi connectivity index (χ1v) is 7.87. The Bertz CT molecular complexity index is 551. The van der Waals surface area contributed by atoms with Crippen molar-refractivity contribution in [1.82, 2.24) is 9.88 Å². The summed E-state index contributed by atoms with van der Waals surface area (Å²) in [6.07, 6.45) is 7.39. The molecule has 21 heavy (non-hydrogen) atoms. The first kappa shape index (κ1) is 14.2. The van der Waals surface area contributed by atoms with Gasteiger partial charge in [0.15, 0.2) is 0 Å². The highest BCUT2D eigenvalue weighted by Crippen LogP contribution is 2.39. The SMILES string of the molecule is CC1CCN(C(=O)c2cc(C(N)=O)c[nH]2)C2CCCCC12. The molecule has 1 aliphatic heterocycles. The fraction of sp³-hybridized carbons (Fsp3) is 0.625. The van der Waals surface area contributed by atoms with Crippen LogP contribution in [0.15, 0.2) is 12.3 Å². The minimum Gasteiger partial charge on any atom is -0.366 e. The average molecular weight is 289 g/mol. The zero-order valence-corrected chi connectivity index (χ0v) is 12.5. The van der Waals surface area contributed by atoms with Crippen LogP contribution in [0.5, 0.6) is 0 Å². The number of piperidine rings is 1. The number of hydrogen-bond acceptors (Lipinski definition) is 2. The molecular formula is C16H23N3O2. The predicted octanol–water partition coefficient (Wildman–Crippen LogP) is 2.15. The van der Waals surface area contributed by atoms with Gasteiger partial charge in [0.25, 0.3) is 5.91 Å². The van der Waals surface area contributed by atoms with Crippen LogP contribution in [-0.4, -0.2) is 34.3 Å². The normalized spacial score (nSPS) is 29.0. The number of carbonyl (C=O) groups is 2. The molecular weight excluding hydrogens is 266 g/mol. The number of aromatic nitrogens is 1. The summed E-state index contributed by atoms with van der Waals surface area (Å²) in [5.41, 5.74) is 6.09. The molecule has 1 saturated heterocycles. The van der Waals surface area contributed by atoms with E-state index in [-0.39, 0.29) is 5.91 Å². The number of fused-ring (bicyclic) bond motifs is 1. The minimum absolute atomic E-state index is 0.00583. The fourth-order valence-electron chi connectivity index (χ4n) is 3.98. The van der Waals surface area contributed by atoms with E-state index in [9.17, 15) is 9.59 Å². The fourth-order valence-corrected chi connectivity index (χ4v) is 3.98. The Morgan fingerprint density at radius 1 is 1.29 bits per heavy atom. The highest BCUT2D eigenvalue weighted by Gasteiger charge is 2.39. The van der Waals surface area contributed by atoms with Gasteiger partial charge in [-0.25, -0.2) is 0 Å². The van der Waals surface area contributed by atoms with Crippen molar-refractivity contribution < 1.29 is 9.59 Å². The first-order chi connectivity index (χ1) is 10.1. The highest BCUT2D eigenvalue weighted by molar-refractivity contribution is 5.98. The van der Waals surface area contributed by atoms with E-state index in [0.29, 0.717) is 29.1 Å². The van der Waals surface area contributed by atoms with Gasteiger partial charge in [-0.05, 0) is 37.2 Å². The maximum atomic E-state index is 12.7. The van der Waals surface area contributed by atoms with Crippen LogP contribution in [0.25, 0.3) is 0 Å². The van der Waals surface area contributed by atoms with E-state index in [0.717, 1.165) is 19.4 Å². The molecule has 114 valence electrons. The van der Waals surface area contributed by atoms with Gasteiger partial charge >= 0.3 is 0 Å². The molecule has 5 nitrogen and oxygen atoms in total. The summed E-state index contributed by atoms with van der Waals surface area (Å²) >= 11 is 0. The van der Waals surface area contributed by atoms with Gasteiger partial charge in [0.1, 0.15) is 5.69 Å². The van der Waals surface area contributed by atoms with Crippen molar-refractivity contribution in [2.45, 2.75) is 45.1 Å². The summed E-state index contributed by atoms with van der Waals surface area (Å²) < 4.78 is 0. The monoisotopic (exact) mass is 289 g/mol. The van der Waals surface area contributed by atoms with Crippen molar-refractivity contribution >= 4 is 11.8 Å². The Kier molecular flexibility index (Phi) is 3.74. The van der Waals surface area contributed by atoms with E-state index in [1.54, 1.807) is 6.07 Å². The standard InChI is InChI=1S/C16H23N3O2/c1-10-6-7-19(14-5-3-2-4-12(10)14)16(21)13-8-11(9-18-13)15(17)20/h8-10,12,14,18H,2-7H2,1H3,(H2,17,20). The number of aromatic amines is 1. The lowest BCUT2D eigenvalue weighted by Gasteiger charge is -2.47. The topological polar surface area (TPSA) is 79.2 Å². The number of rotatable bonds is 2. The maximum absolute atomic E-state index is 12.7. The lowest BCUT2D eigenvalue weighted by Crippen LogP contribution is -2.52. The van der Waals surface area contributed by atoms with Crippen molar-refractivity contribution in [2.75, 3.05) is 6.54 Å². The molecule has 0 radical (unpaired) electrons. The molecule has 1 aromatic rings. The number of amides is 2. The van der Waals surface area contributed by atoms with Gasteiger partial charge in [-0.3, -0.25) is 9.59 Å². The molecule has 2 aliphatic rings. The van der Waals surface area contributed by atoms with Crippen LogP contribution in [0, 0.1) is 11.8 Å². The van der Waals surface area contributed by atoms with Crippen molar-refractivity contribution in [3.63, 3.8) is 0 Å². The summed E-state index contributed by atoms with van der Waals surface area (Å²) in [5.74, 6) is 0.825. The number of primary amides is 1. The lowest BCUT2D eigenvalue weighted by atomic mass is 9.72. The zero-order valence-electron chi connectivity index (χ0n) is 12.5. The molecule has 0 aromatic carbocycles. The Balaban J connectivity index is 1.81. The molecule has 2 heterocycles. The van der Waals surface area contributed by atoms with Crippen LogP contribution in [0.4, 0.5) is 0 Å². The molecule has 1 saturated carbocycles. The Morgan fingerprint density at radius 2 is 2.05 bits per heavy atom. The smallest absolute Gasteiger partial charge is 0.270 e. The van der Waals surface area contributed by atoms with Crippen LogP contribution in [0.3, 0.4) is 0 Å². The summed E-state index contributed by atoms with van der Waals surface area (Å²) in [7, 11) is 0. The number of nitrogens with one attached hydrogen (secondary N) is 1. The quantitative estimate of drug-likeness (QED) is 0.875. The van der Waals surface area contributed by atoms with Gasteiger partial charge in [0, 0.05) is 18.8 Å². The molecule has 2 fully saturated rings. The van der Waals surface area contributed by atoms with Gasteiger partial charge in [-0.1, -0.05) is 19.8 Å². The second-order valence-corrected chi connectivity index (χ2v) is 6.45. The van der Waals surface area contributed by atoms with Gasteiger partial charge in [-0.15, -0.1) is 0 Å². The average Bonchev–Trinajstić information content (AvgIpc) is 2.97. The molecule has 3 rings (SSSR count). The number of hydrogen-bond donors (Lipinski definition) is 2. The number of H-pyrrole nitrogens is 1. The largest absolute Gasteiger partial charge is 0.366 e. The number of likely N-dealkylation sites (tertiary alicyclic amines) is 1. The van der Waals surface area contributed by atoms with E-state index >= 15 is 0 Å². The van der Waals surface area contributed by atoms with E-state index in [2.05, 4.69) is 11.9 Å². The molecule has 1 aliphatic carbocycles. The second kappa shape index (κ2) is 5.54. The molecule has 1 aromatic heterocycles. The molecule has 3 atom stereocenters. The number of carbonyl (C=O) groups excluding carboxylic acids is 2. The third kappa shape index (κ3) is 2.57. The lowest BCUT2D eigenvalue weighted by molar-refractivity contribution is 0.0213. The Hall–Kier alpha value is -1.78. The molecule has 3 N–H and O–H groups in total. The van der Waals surface area contributed by atoms with E-state index in [4.69, 9.17) is 5.73 Å². The van der Waals surface area contributed by atoms with Crippen LogP contribution < -0.4 is 5.73 Å². The van der Waals surface area contributed by atoms with Crippen molar-refractivity contribution in [2.24, 2.45) is 17.6 Å². The molecule has 0 spiro atoms. The summed E-state index contributed by atoms with van der Waals surface area (Å²) in [4.78, 5) is 28.8. The third-order valence-corrected chi connectivity index (χ3v) is 5.20. The zero-order chi connectivity index (χ0) is 15.0. The summed E-state index contributed by atoms with van der Waals surface area (Å²) in [5, 5.41) is 0. The molecule has 2 amide bonds. The number of nitrogens with two attached hydrogens (primary N) is 1. The van der Waals surface area contributed by atoms with Crippen LogP contribution in [0.1, 0.15) is 59.9 Å². The van der Waals surface area contributed by atoms with Gasteiger partial charge in [0.05, 0.1) is 5.56 Å². The Labute approximate surface area is 124 Å². The van der Waals surface area contributed by atoms with Crippen LogP contribution in [-0.2, 0) is 0 Å². The Morgan fingerprint density at radius 3 is 2.76 bits per heavy atom. The van der Waals surface area contributed by atoms with Gasteiger partial charge in [-0.2, -0.15) is 0 Å². The molecule has 5 heteroatoms. The van der Waals surface area contributed by atoms with Crippen LogP contribution >= 0.6 is 0 Å². The van der Waals surface area contributed by atoms with Crippen molar-refractivity contribution in [3.8, 4) is 0 Å². The summed E-state index contributed by atoms with van der Waals surface area (Å²) in [6.45, 7) is 3.12. The third-order valence-electron chi connectivity index (χ3n) is 5.20. The van der Waals surface area contributed by atoms with E-state index < -0.39 is 5.91 Å². The van der Waals surface area contributed by atoms with E-state index in [1.165, 1.54) is 25.5 Å². The first-order valence-electron chi connectivity index (χ1n) is 7.87. The molecule has 3 unspecified atom stereocenters. The number of nitrogens with zero attached hydrogens (tertiary/aromatic N) is 1. The molecule has 0 bridgehead atoms. The minimum atomic E-state index is -0.506. The van der Waals surface area contributed by atoms with Crippen molar-refractivity contribution in [3.05, 3.63) is 23.5 Å². The maximum Gasteiger partial charge on any atom is 0.270 e.